The Bertz CT molecular complexity index is 1220. The van der Waals surface area contributed by atoms with Crippen molar-refractivity contribution in [2.24, 2.45) is 0 Å². The van der Waals surface area contributed by atoms with Crippen LogP contribution in [0.5, 0.6) is 0 Å². The van der Waals surface area contributed by atoms with E-state index in [1.165, 1.54) is 12.1 Å². The highest BCUT2D eigenvalue weighted by molar-refractivity contribution is 6.02. The van der Waals surface area contributed by atoms with Gasteiger partial charge in [0.15, 0.2) is 5.76 Å². The molecule has 1 fully saturated rings. The summed E-state index contributed by atoms with van der Waals surface area (Å²) in [6.45, 7) is 5.44. The Balaban J connectivity index is 1.39. The Labute approximate surface area is 196 Å². The summed E-state index contributed by atoms with van der Waals surface area (Å²) in [7, 11) is 0. The van der Waals surface area contributed by atoms with Crippen LogP contribution in [0.25, 0.3) is 11.3 Å². The van der Waals surface area contributed by atoms with E-state index >= 15 is 0 Å². The number of furan rings is 1. The van der Waals surface area contributed by atoms with Gasteiger partial charge in [0.1, 0.15) is 11.5 Å². The zero-order valence-electron chi connectivity index (χ0n) is 19.0. The molecule has 1 unspecified atom stereocenters. The van der Waals surface area contributed by atoms with E-state index in [-0.39, 0.29) is 29.0 Å². The van der Waals surface area contributed by atoms with Crippen LogP contribution in [-0.4, -0.2) is 42.3 Å². The third-order valence-corrected chi connectivity index (χ3v) is 5.76. The first-order valence-corrected chi connectivity index (χ1v) is 11.0. The Morgan fingerprint density at radius 2 is 1.91 bits per heavy atom. The minimum absolute atomic E-state index is 0.0629. The van der Waals surface area contributed by atoms with E-state index < -0.39 is 10.8 Å². The lowest BCUT2D eigenvalue weighted by molar-refractivity contribution is -0.384. The van der Waals surface area contributed by atoms with Gasteiger partial charge in [0.05, 0.1) is 17.0 Å². The molecule has 1 aromatic heterocycles. The topological polar surface area (TPSA) is 118 Å². The second-order valence-corrected chi connectivity index (χ2v) is 8.46. The van der Waals surface area contributed by atoms with Crippen molar-refractivity contribution in [2.45, 2.75) is 26.3 Å². The van der Waals surface area contributed by atoms with Crippen molar-refractivity contribution in [1.29, 1.82) is 0 Å². The number of rotatable bonds is 8. The second-order valence-electron chi connectivity index (χ2n) is 8.46. The maximum atomic E-state index is 12.7. The number of Topliss-reactive ketones (excluding diaryl/α,β-unsaturated/α-hetero) is 1. The van der Waals surface area contributed by atoms with E-state index in [0.717, 1.165) is 30.8 Å². The molecule has 2 heterocycles. The maximum absolute atomic E-state index is 12.7. The van der Waals surface area contributed by atoms with E-state index in [1.54, 1.807) is 32.0 Å². The Morgan fingerprint density at radius 1 is 1.15 bits per heavy atom. The molecule has 3 aromatic rings. The lowest BCUT2D eigenvalue weighted by Crippen LogP contribution is -2.35. The molecule has 1 atom stereocenters. The molecule has 9 nitrogen and oxygen atoms in total. The summed E-state index contributed by atoms with van der Waals surface area (Å²) in [5.41, 5.74) is 2.66. The van der Waals surface area contributed by atoms with Crippen LogP contribution in [0.15, 0.2) is 59.0 Å². The standard InChI is InChI=1S/C25H26N4O5/c1-16-3-8-21(22(13-16)29(32)33)23-9-10-24(34-23)25(31)27-18-4-6-20(7-5-18)28-12-11-19(15-28)26-14-17(2)30/h3-10,13,19,26H,11-12,14-15H2,1-2H3,(H,27,31). The second kappa shape index (κ2) is 9.88. The largest absolute Gasteiger partial charge is 0.451 e. The van der Waals surface area contributed by atoms with Gasteiger partial charge in [-0.3, -0.25) is 19.7 Å². The van der Waals surface area contributed by atoms with Gasteiger partial charge in [0.2, 0.25) is 0 Å². The summed E-state index contributed by atoms with van der Waals surface area (Å²) in [6.07, 6.45) is 0.964. The quantitative estimate of drug-likeness (QED) is 0.381. The van der Waals surface area contributed by atoms with Gasteiger partial charge in [-0.1, -0.05) is 6.07 Å². The molecule has 0 radical (unpaired) electrons. The van der Waals surface area contributed by atoms with Crippen molar-refractivity contribution in [3.05, 3.63) is 76.0 Å². The van der Waals surface area contributed by atoms with E-state index in [9.17, 15) is 19.7 Å². The van der Waals surface area contributed by atoms with Crippen LogP contribution in [0.1, 0.15) is 29.5 Å². The lowest BCUT2D eigenvalue weighted by atomic mass is 10.1. The number of amides is 1. The molecule has 2 aromatic carbocycles. The Hall–Kier alpha value is -3.98. The molecule has 1 saturated heterocycles. The number of carbonyl (C=O) groups is 2. The lowest BCUT2D eigenvalue weighted by Gasteiger charge is -2.19. The van der Waals surface area contributed by atoms with Crippen LogP contribution in [-0.2, 0) is 4.79 Å². The fourth-order valence-electron chi connectivity index (χ4n) is 4.00. The van der Waals surface area contributed by atoms with Crippen molar-refractivity contribution in [1.82, 2.24) is 5.32 Å². The zero-order chi connectivity index (χ0) is 24.2. The highest BCUT2D eigenvalue weighted by Gasteiger charge is 2.23. The van der Waals surface area contributed by atoms with Crippen LogP contribution in [0.2, 0.25) is 0 Å². The molecular formula is C25H26N4O5. The molecule has 0 bridgehead atoms. The molecule has 1 aliphatic rings. The third-order valence-electron chi connectivity index (χ3n) is 5.76. The number of carbonyl (C=O) groups excluding carboxylic acids is 2. The molecule has 2 N–H and O–H groups in total. The third kappa shape index (κ3) is 5.32. The molecule has 34 heavy (non-hydrogen) atoms. The van der Waals surface area contributed by atoms with E-state index in [2.05, 4.69) is 15.5 Å². The van der Waals surface area contributed by atoms with Gasteiger partial charge in [-0.05, 0) is 68.3 Å². The van der Waals surface area contributed by atoms with Crippen molar-refractivity contribution >= 4 is 28.8 Å². The summed E-state index contributed by atoms with van der Waals surface area (Å²) in [5.74, 6) is 0.00444. The first-order valence-electron chi connectivity index (χ1n) is 11.0. The van der Waals surface area contributed by atoms with Crippen LogP contribution in [0.3, 0.4) is 0 Å². The minimum atomic E-state index is -0.464. The van der Waals surface area contributed by atoms with Gasteiger partial charge < -0.3 is 20.0 Å². The van der Waals surface area contributed by atoms with Crippen molar-refractivity contribution in [3.8, 4) is 11.3 Å². The maximum Gasteiger partial charge on any atom is 0.291 e. The van der Waals surface area contributed by atoms with Crippen LogP contribution < -0.4 is 15.5 Å². The Morgan fingerprint density at radius 3 is 2.62 bits per heavy atom. The van der Waals surface area contributed by atoms with Gasteiger partial charge in [-0.2, -0.15) is 0 Å². The summed E-state index contributed by atoms with van der Waals surface area (Å²) >= 11 is 0. The number of ketones is 1. The highest BCUT2D eigenvalue weighted by atomic mass is 16.6. The zero-order valence-corrected chi connectivity index (χ0v) is 19.0. The van der Waals surface area contributed by atoms with Crippen LogP contribution in [0.4, 0.5) is 17.1 Å². The average molecular weight is 463 g/mol. The molecule has 0 aliphatic carbocycles. The first-order chi connectivity index (χ1) is 16.3. The molecular weight excluding hydrogens is 436 g/mol. The Kier molecular flexibility index (Phi) is 6.74. The highest BCUT2D eigenvalue weighted by Crippen LogP contribution is 2.32. The van der Waals surface area contributed by atoms with Gasteiger partial charge in [-0.15, -0.1) is 0 Å². The van der Waals surface area contributed by atoms with Gasteiger partial charge in [-0.25, -0.2) is 0 Å². The number of nitro groups is 1. The number of nitrogens with one attached hydrogen (secondary N) is 2. The van der Waals surface area contributed by atoms with E-state index in [1.807, 2.05) is 24.3 Å². The average Bonchev–Trinajstić information content (AvgIpc) is 3.48. The molecule has 0 saturated carbocycles. The normalized spacial score (nSPS) is 15.4. The first kappa shape index (κ1) is 23.2. The van der Waals surface area contributed by atoms with E-state index in [0.29, 0.717) is 17.8 Å². The number of benzene rings is 2. The van der Waals surface area contributed by atoms with Crippen molar-refractivity contribution in [3.63, 3.8) is 0 Å². The molecule has 176 valence electrons. The monoisotopic (exact) mass is 462 g/mol. The number of anilines is 2. The molecule has 4 rings (SSSR count). The number of nitro benzene ring substituents is 1. The molecule has 9 heteroatoms. The number of hydrogen-bond acceptors (Lipinski definition) is 7. The smallest absolute Gasteiger partial charge is 0.291 e. The predicted octanol–water partition coefficient (Wildman–Crippen LogP) is 4.17. The van der Waals surface area contributed by atoms with Gasteiger partial charge in [0, 0.05) is 36.6 Å². The predicted molar refractivity (Wildman–Crippen MR) is 129 cm³/mol. The van der Waals surface area contributed by atoms with Gasteiger partial charge >= 0.3 is 0 Å². The number of aryl methyl sites for hydroxylation is 1. The SMILES string of the molecule is CC(=O)CNC1CCN(c2ccc(NC(=O)c3ccc(-c4ccc(C)cc4[N+](=O)[O-])o3)cc2)C1. The summed E-state index contributed by atoms with van der Waals surface area (Å²) in [6, 6.07) is 15.7. The van der Waals surface area contributed by atoms with Gasteiger partial charge in [0.25, 0.3) is 11.6 Å². The number of hydrogen-bond donors (Lipinski definition) is 2. The van der Waals surface area contributed by atoms with Crippen molar-refractivity contribution < 1.29 is 18.9 Å². The van der Waals surface area contributed by atoms with Crippen molar-refractivity contribution in [2.75, 3.05) is 29.9 Å². The summed E-state index contributed by atoms with van der Waals surface area (Å²) in [4.78, 5) is 37.0. The fraction of sp³-hybridized carbons (Fsp3) is 0.280. The molecule has 0 spiro atoms. The van der Waals surface area contributed by atoms with Crippen LogP contribution >= 0.6 is 0 Å². The molecule has 1 aliphatic heterocycles. The summed E-state index contributed by atoms with van der Waals surface area (Å²) in [5, 5.41) is 17.5. The van der Waals surface area contributed by atoms with E-state index in [4.69, 9.17) is 4.42 Å². The minimum Gasteiger partial charge on any atom is -0.451 e. The number of nitrogens with zero attached hydrogens (tertiary/aromatic N) is 2. The van der Waals surface area contributed by atoms with Crippen LogP contribution in [0, 0.1) is 17.0 Å². The molecule has 1 amide bonds. The fourth-order valence-corrected chi connectivity index (χ4v) is 4.00. The summed E-state index contributed by atoms with van der Waals surface area (Å²) < 4.78 is 5.64.